The van der Waals surface area contributed by atoms with E-state index in [9.17, 15) is 0 Å². The van der Waals surface area contributed by atoms with Gasteiger partial charge >= 0.3 is 0 Å². The predicted molar refractivity (Wildman–Crippen MR) is 76.3 cm³/mol. The molecule has 0 saturated carbocycles. The maximum atomic E-state index is 5.88. The summed E-state index contributed by atoms with van der Waals surface area (Å²) in [6.45, 7) is 0. The number of nitrogen functional groups attached to an aromatic ring is 2. The van der Waals surface area contributed by atoms with E-state index in [4.69, 9.17) is 11.5 Å². The van der Waals surface area contributed by atoms with Crippen molar-refractivity contribution in [2.45, 2.75) is 11.3 Å². The normalized spacial score (nSPS) is 10.4. The van der Waals surface area contributed by atoms with Crippen LogP contribution in [0, 0.1) is 0 Å². The molecule has 0 aliphatic heterocycles. The lowest BCUT2D eigenvalue weighted by atomic mass is 10.0. The molecule has 0 unspecified atom stereocenters. The quantitative estimate of drug-likeness (QED) is 0.644. The Balaban J connectivity index is 2.21. The Bertz CT molecular complexity index is 506. The van der Waals surface area contributed by atoms with E-state index in [0.29, 0.717) is 0 Å². The summed E-state index contributed by atoms with van der Waals surface area (Å²) < 4.78 is 0. The molecule has 88 valence electrons. The minimum Gasteiger partial charge on any atom is -0.399 e. The summed E-state index contributed by atoms with van der Waals surface area (Å²) >= 11 is 1.68. The first-order chi connectivity index (χ1) is 8.19. The van der Waals surface area contributed by atoms with Crippen molar-refractivity contribution in [2.75, 3.05) is 17.7 Å². The third-order valence-electron chi connectivity index (χ3n) is 2.69. The minimum atomic E-state index is 0.802. The molecular formula is C14H16N2S. The average molecular weight is 244 g/mol. The fourth-order valence-corrected chi connectivity index (χ4v) is 2.31. The van der Waals surface area contributed by atoms with Crippen LogP contribution in [-0.4, -0.2) is 6.26 Å². The Hall–Kier alpha value is -1.61. The van der Waals surface area contributed by atoms with Crippen LogP contribution in [0.1, 0.15) is 11.1 Å². The van der Waals surface area contributed by atoms with Crippen molar-refractivity contribution in [3.63, 3.8) is 0 Å². The van der Waals surface area contributed by atoms with Gasteiger partial charge < -0.3 is 11.5 Å². The molecule has 0 spiro atoms. The van der Waals surface area contributed by atoms with E-state index in [1.54, 1.807) is 11.8 Å². The number of anilines is 2. The Morgan fingerprint density at radius 3 is 2.24 bits per heavy atom. The van der Waals surface area contributed by atoms with Crippen molar-refractivity contribution in [2.24, 2.45) is 0 Å². The Morgan fingerprint density at radius 1 is 0.941 bits per heavy atom. The summed E-state index contributed by atoms with van der Waals surface area (Å²) in [5, 5.41) is 0. The molecule has 3 heteroatoms. The lowest BCUT2D eigenvalue weighted by molar-refractivity contribution is 1.17. The fraction of sp³-hybridized carbons (Fsp3) is 0.143. The monoisotopic (exact) mass is 244 g/mol. The highest BCUT2D eigenvalue weighted by Crippen LogP contribution is 2.25. The van der Waals surface area contributed by atoms with E-state index in [-0.39, 0.29) is 0 Å². The molecule has 0 atom stereocenters. The highest BCUT2D eigenvalue weighted by Gasteiger charge is 2.01. The fourth-order valence-electron chi connectivity index (χ4n) is 1.74. The van der Waals surface area contributed by atoms with Crippen LogP contribution in [-0.2, 0) is 6.42 Å². The molecule has 0 aliphatic carbocycles. The SMILES string of the molecule is CSc1cc(Cc2ccc(N)cc2)ccc1N. The molecule has 0 saturated heterocycles. The topological polar surface area (TPSA) is 52.0 Å². The van der Waals surface area contributed by atoms with Gasteiger partial charge in [-0.2, -0.15) is 0 Å². The van der Waals surface area contributed by atoms with E-state index >= 15 is 0 Å². The van der Waals surface area contributed by atoms with Crippen LogP contribution >= 0.6 is 11.8 Å². The zero-order chi connectivity index (χ0) is 12.3. The Morgan fingerprint density at radius 2 is 1.59 bits per heavy atom. The molecule has 2 rings (SSSR count). The summed E-state index contributed by atoms with van der Waals surface area (Å²) in [6.07, 6.45) is 2.95. The largest absolute Gasteiger partial charge is 0.399 e. The van der Waals surface area contributed by atoms with Crippen molar-refractivity contribution >= 4 is 23.1 Å². The first kappa shape index (κ1) is 11.9. The van der Waals surface area contributed by atoms with Gasteiger partial charge in [-0.15, -0.1) is 11.8 Å². The molecule has 0 aromatic heterocycles. The second-order valence-corrected chi connectivity index (χ2v) is 4.84. The lowest BCUT2D eigenvalue weighted by Gasteiger charge is -2.07. The number of thioether (sulfide) groups is 1. The van der Waals surface area contributed by atoms with Gasteiger partial charge in [0.2, 0.25) is 0 Å². The summed E-state index contributed by atoms with van der Waals surface area (Å²) in [5.41, 5.74) is 15.7. The van der Waals surface area contributed by atoms with E-state index < -0.39 is 0 Å². The zero-order valence-corrected chi connectivity index (χ0v) is 10.6. The van der Waals surface area contributed by atoms with Crippen molar-refractivity contribution in [3.8, 4) is 0 Å². The predicted octanol–water partition coefficient (Wildman–Crippen LogP) is 3.16. The molecule has 4 N–H and O–H groups in total. The number of hydrogen-bond acceptors (Lipinski definition) is 3. The summed E-state index contributed by atoms with van der Waals surface area (Å²) in [6, 6.07) is 14.2. The first-order valence-corrected chi connectivity index (χ1v) is 6.68. The first-order valence-electron chi connectivity index (χ1n) is 5.46. The summed E-state index contributed by atoms with van der Waals surface area (Å²) in [4.78, 5) is 1.14. The van der Waals surface area contributed by atoms with Crippen LogP contribution in [0.25, 0.3) is 0 Å². The molecule has 0 fully saturated rings. The third-order valence-corrected chi connectivity index (χ3v) is 3.48. The van der Waals surface area contributed by atoms with E-state index in [1.807, 2.05) is 24.5 Å². The second-order valence-electron chi connectivity index (χ2n) is 3.99. The number of rotatable bonds is 3. The zero-order valence-electron chi connectivity index (χ0n) is 9.81. The van der Waals surface area contributed by atoms with E-state index in [0.717, 1.165) is 22.7 Å². The maximum absolute atomic E-state index is 5.88. The van der Waals surface area contributed by atoms with Gasteiger partial charge in [0.25, 0.3) is 0 Å². The van der Waals surface area contributed by atoms with Gasteiger partial charge in [-0.1, -0.05) is 18.2 Å². The van der Waals surface area contributed by atoms with Gasteiger partial charge in [0.15, 0.2) is 0 Å². The molecule has 0 aliphatic rings. The van der Waals surface area contributed by atoms with Gasteiger partial charge in [0.05, 0.1) is 0 Å². The third kappa shape index (κ3) is 2.94. The number of hydrogen-bond donors (Lipinski definition) is 2. The summed E-state index contributed by atoms with van der Waals surface area (Å²) in [5.74, 6) is 0. The van der Waals surface area contributed by atoms with E-state index in [2.05, 4.69) is 24.3 Å². The highest BCUT2D eigenvalue weighted by atomic mass is 32.2. The van der Waals surface area contributed by atoms with Crippen LogP contribution in [0.5, 0.6) is 0 Å². The lowest BCUT2D eigenvalue weighted by Crippen LogP contribution is -1.93. The van der Waals surface area contributed by atoms with Crippen molar-refractivity contribution in [3.05, 3.63) is 53.6 Å². The van der Waals surface area contributed by atoms with Crippen LogP contribution < -0.4 is 11.5 Å². The van der Waals surface area contributed by atoms with Gasteiger partial charge in [-0.25, -0.2) is 0 Å². The van der Waals surface area contributed by atoms with Crippen LogP contribution in [0.4, 0.5) is 11.4 Å². The van der Waals surface area contributed by atoms with Gasteiger partial charge in [0, 0.05) is 16.3 Å². The smallest absolute Gasteiger partial charge is 0.0452 e. The molecule has 2 nitrogen and oxygen atoms in total. The Kier molecular flexibility index (Phi) is 3.59. The maximum Gasteiger partial charge on any atom is 0.0452 e. The van der Waals surface area contributed by atoms with Crippen molar-refractivity contribution in [1.29, 1.82) is 0 Å². The van der Waals surface area contributed by atoms with Gasteiger partial charge in [0.1, 0.15) is 0 Å². The molecule has 0 heterocycles. The Labute approximate surface area is 106 Å². The van der Waals surface area contributed by atoms with Crippen molar-refractivity contribution in [1.82, 2.24) is 0 Å². The van der Waals surface area contributed by atoms with Crippen LogP contribution in [0.2, 0.25) is 0 Å². The van der Waals surface area contributed by atoms with Gasteiger partial charge in [-0.3, -0.25) is 0 Å². The molecule has 0 radical (unpaired) electrons. The molecule has 0 bridgehead atoms. The number of benzene rings is 2. The molecule has 17 heavy (non-hydrogen) atoms. The molecule has 0 amide bonds. The van der Waals surface area contributed by atoms with E-state index in [1.165, 1.54) is 11.1 Å². The second kappa shape index (κ2) is 5.15. The average Bonchev–Trinajstić information content (AvgIpc) is 2.34. The molecular weight excluding hydrogens is 228 g/mol. The van der Waals surface area contributed by atoms with Crippen LogP contribution in [0.15, 0.2) is 47.4 Å². The summed E-state index contributed by atoms with van der Waals surface area (Å²) in [7, 11) is 0. The van der Waals surface area contributed by atoms with Crippen LogP contribution in [0.3, 0.4) is 0 Å². The highest BCUT2D eigenvalue weighted by molar-refractivity contribution is 7.98. The minimum absolute atomic E-state index is 0.802. The molecule has 2 aromatic carbocycles. The molecule has 2 aromatic rings. The van der Waals surface area contributed by atoms with Crippen molar-refractivity contribution < 1.29 is 0 Å². The number of nitrogens with two attached hydrogens (primary N) is 2. The van der Waals surface area contributed by atoms with Gasteiger partial charge in [-0.05, 0) is 48.1 Å². The standard InChI is InChI=1S/C14H16N2S/c1-17-14-9-11(4-7-13(14)16)8-10-2-5-12(15)6-3-10/h2-7,9H,8,15-16H2,1H3.